The molecule has 7 nitrogen and oxygen atoms in total. The number of hydrogen-bond donors (Lipinski definition) is 0. The van der Waals surface area contributed by atoms with E-state index in [9.17, 15) is 14.4 Å². The van der Waals surface area contributed by atoms with Gasteiger partial charge in [-0.25, -0.2) is 4.79 Å². The van der Waals surface area contributed by atoms with Crippen LogP contribution in [0.15, 0.2) is 83.8 Å². The lowest BCUT2D eigenvalue weighted by Crippen LogP contribution is -2.32. The summed E-state index contributed by atoms with van der Waals surface area (Å²) < 4.78 is 16.3. The molecule has 4 rings (SSSR count). The minimum absolute atomic E-state index is 0.119. The third kappa shape index (κ3) is 5.47. The Morgan fingerprint density at radius 2 is 1.59 bits per heavy atom. The molecule has 1 fully saturated rings. The summed E-state index contributed by atoms with van der Waals surface area (Å²) in [7, 11) is 1.54. The molecule has 1 heterocycles. The Bertz CT molecular complexity index is 1220. The fourth-order valence-corrected chi connectivity index (χ4v) is 4.07. The topological polar surface area (TPSA) is 82.1 Å². The number of carbonyl (C=O) groups excluding carboxylic acids is 3. The van der Waals surface area contributed by atoms with E-state index in [0.717, 1.165) is 16.7 Å². The van der Waals surface area contributed by atoms with Crippen molar-refractivity contribution < 1.29 is 28.6 Å². The highest BCUT2D eigenvalue weighted by Crippen LogP contribution is 2.32. The molecule has 0 bridgehead atoms. The maximum atomic E-state index is 12.7. The van der Waals surface area contributed by atoms with Crippen molar-refractivity contribution in [1.82, 2.24) is 4.90 Å². The first-order chi connectivity index (χ1) is 16.5. The van der Waals surface area contributed by atoms with E-state index in [1.54, 1.807) is 73.8 Å². The summed E-state index contributed by atoms with van der Waals surface area (Å²) in [6.07, 6.45) is 1.63. The summed E-state index contributed by atoms with van der Waals surface area (Å²) in [5.41, 5.74) is 1.16. The number of methoxy groups -OCH3 is 1. The number of hydrogen-bond acceptors (Lipinski definition) is 7. The van der Waals surface area contributed by atoms with E-state index in [1.165, 1.54) is 0 Å². The Morgan fingerprint density at radius 3 is 2.29 bits per heavy atom. The molecule has 8 heteroatoms. The van der Waals surface area contributed by atoms with E-state index in [-0.39, 0.29) is 24.3 Å². The average Bonchev–Trinajstić information content (AvgIpc) is 3.13. The maximum Gasteiger partial charge on any atom is 0.343 e. The monoisotopic (exact) mass is 475 g/mol. The van der Waals surface area contributed by atoms with Gasteiger partial charge in [-0.3, -0.25) is 14.5 Å². The first kappa shape index (κ1) is 23.1. The molecule has 0 N–H and O–H groups in total. The Labute approximate surface area is 200 Å². The van der Waals surface area contributed by atoms with Gasteiger partial charge in [-0.2, -0.15) is 0 Å². The molecule has 3 aromatic rings. The van der Waals surface area contributed by atoms with E-state index in [1.807, 2.05) is 18.2 Å². The Morgan fingerprint density at radius 1 is 0.912 bits per heavy atom. The molecule has 0 unspecified atom stereocenters. The number of para-hydroxylation sites is 2. The van der Waals surface area contributed by atoms with Gasteiger partial charge in [0.1, 0.15) is 12.4 Å². The van der Waals surface area contributed by atoms with Crippen molar-refractivity contribution in [3.63, 3.8) is 0 Å². The second kappa shape index (κ2) is 10.7. The van der Waals surface area contributed by atoms with Crippen LogP contribution in [0.3, 0.4) is 0 Å². The first-order valence-electron chi connectivity index (χ1n) is 10.4. The zero-order valence-electron chi connectivity index (χ0n) is 18.3. The fraction of sp³-hybridized carbons (Fsp3) is 0.115. The molecule has 0 aromatic heterocycles. The van der Waals surface area contributed by atoms with Crippen molar-refractivity contribution in [2.75, 3.05) is 20.3 Å². The van der Waals surface area contributed by atoms with Crippen LogP contribution in [0.25, 0.3) is 6.08 Å². The normalized spacial score (nSPS) is 14.4. The van der Waals surface area contributed by atoms with Gasteiger partial charge in [-0.1, -0.05) is 42.5 Å². The predicted molar refractivity (Wildman–Crippen MR) is 129 cm³/mol. The lowest BCUT2D eigenvalue weighted by atomic mass is 10.2. The van der Waals surface area contributed by atoms with E-state index < -0.39 is 5.97 Å². The highest BCUT2D eigenvalue weighted by molar-refractivity contribution is 8.18. The Balaban J connectivity index is 1.35. The maximum absolute atomic E-state index is 12.7. The summed E-state index contributed by atoms with van der Waals surface area (Å²) in [6.45, 7) is 0.265. The molecular formula is C26H21NO6S. The van der Waals surface area contributed by atoms with Crippen LogP contribution in [0.2, 0.25) is 0 Å². The molecule has 0 radical (unpaired) electrons. The largest absolute Gasteiger partial charge is 0.493 e. The second-order valence-electron chi connectivity index (χ2n) is 7.16. The number of rotatable bonds is 8. The molecule has 34 heavy (non-hydrogen) atoms. The van der Waals surface area contributed by atoms with Gasteiger partial charge in [0.15, 0.2) is 11.5 Å². The van der Waals surface area contributed by atoms with Gasteiger partial charge in [0.25, 0.3) is 11.1 Å². The van der Waals surface area contributed by atoms with Crippen molar-refractivity contribution in [1.29, 1.82) is 0 Å². The number of amides is 2. The van der Waals surface area contributed by atoms with Gasteiger partial charge in [-0.15, -0.1) is 0 Å². The van der Waals surface area contributed by atoms with Crippen molar-refractivity contribution in [2.24, 2.45) is 0 Å². The Kier molecular flexibility index (Phi) is 7.29. The van der Waals surface area contributed by atoms with Gasteiger partial charge in [-0.05, 0) is 59.8 Å². The van der Waals surface area contributed by atoms with Crippen LogP contribution in [0, 0.1) is 0 Å². The molecule has 0 atom stereocenters. The number of nitrogens with zero attached hydrogens (tertiary/aromatic N) is 1. The van der Waals surface area contributed by atoms with Crippen molar-refractivity contribution in [2.45, 2.75) is 0 Å². The summed E-state index contributed by atoms with van der Waals surface area (Å²) in [5, 5.41) is -0.353. The third-order valence-corrected chi connectivity index (χ3v) is 5.82. The zero-order chi connectivity index (χ0) is 23.9. The quantitative estimate of drug-likeness (QED) is 0.257. The average molecular weight is 476 g/mol. The van der Waals surface area contributed by atoms with Crippen LogP contribution in [0.5, 0.6) is 17.2 Å². The van der Waals surface area contributed by atoms with E-state index in [2.05, 4.69) is 0 Å². The fourth-order valence-electron chi connectivity index (χ4n) is 3.20. The third-order valence-electron chi connectivity index (χ3n) is 4.91. The van der Waals surface area contributed by atoms with Crippen LogP contribution in [-0.4, -0.2) is 42.3 Å². The Hall–Kier alpha value is -4.04. The highest BCUT2D eigenvalue weighted by atomic mass is 32.2. The van der Waals surface area contributed by atoms with Crippen molar-refractivity contribution in [3.05, 3.63) is 94.9 Å². The molecule has 1 saturated heterocycles. The van der Waals surface area contributed by atoms with Crippen LogP contribution in [0.1, 0.15) is 15.9 Å². The zero-order valence-corrected chi connectivity index (χ0v) is 19.1. The second-order valence-corrected chi connectivity index (χ2v) is 8.15. The standard InChI is InChI=1S/C26H21NO6S/c1-31-21-9-5-6-10-22(21)32-16-15-27-24(28)23(34-26(27)30)17-18-11-13-20(14-12-18)33-25(29)19-7-3-2-4-8-19/h2-14,17H,15-16H2,1H3/b23-17-. The van der Waals surface area contributed by atoms with E-state index >= 15 is 0 Å². The number of benzene rings is 3. The van der Waals surface area contributed by atoms with Gasteiger partial charge in [0, 0.05) is 0 Å². The van der Waals surface area contributed by atoms with E-state index in [4.69, 9.17) is 14.2 Å². The van der Waals surface area contributed by atoms with Gasteiger partial charge < -0.3 is 14.2 Å². The number of carbonyl (C=O) groups is 3. The van der Waals surface area contributed by atoms with Crippen LogP contribution >= 0.6 is 11.8 Å². The molecule has 1 aliphatic heterocycles. The summed E-state index contributed by atoms with van der Waals surface area (Å²) in [6, 6.07) is 22.6. The summed E-state index contributed by atoms with van der Waals surface area (Å²) >= 11 is 0.876. The predicted octanol–water partition coefficient (Wildman–Crippen LogP) is 5.03. The molecule has 0 saturated carbocycles. The number of esters is 1. The number of ether oxygens (including phenoxy) is 3. The molecule has 0 spiro atoms. The molecule has 172 valence electrons. The molecule has 3 aromatic carbocycles. The van der Waals surface area contributed by atoms with Crippen molar-refractivity contribution in [3.8, 4) is 17.2 Å². The van der Waals surface area contributed by atoms with Gasteiger partial charge >= 0.3 is 5.97 Å². The van der Waals surface area contributed by atoms with Crippen LogP contribution in [0.4, 0.5) is 4.79 Å². The highest BCUT2D eigenvalue weighted by Gasteiger charge is 2.34. The van der Waals surface area contributed by atoms with E-state index in [0.29, 0.717) is 33.3 Å². The molecule has 0 aliphatic carbocycles. The lowest BCUT2D eigenvalue weighted by Gasteiger charge is -2.14. The number of thioether (sulfide) groups is 1. The minimum atomic E-state index is -0.454. The minimum Gasteiger partial charge on any atom is -0.493 e. The molecule has 2 amide bonds. The van der Waals surface area contributed by atoms with Gasteiger partial charge in [0.2, 0.25) is 0 Å². The van der Waals surface area contributed by atoms with Crippen LogP contribution in [-0.2, 0) is 4.79 Å². The lowest BCUT2D eigenvalue weighted by molar-refractivity contribution is -0.123. The summed E-state index contributed by atoms with van der Waals surface area (Å²) in [5.74, 6) is 0.672. The molecular weight excluding hydrogens is 454 g/mol. The first-order valence-corrected chi connectivity index (χ1v) is 11.3. The van der Waals surface area contributed by atoms with Crippen molar-refractivity contribution >= 4 is 35.0 Å². The number of imide groups is 1. The van der Waals surface area contributed by atoms with Crippen LogP contribution < -0.4 is 14.2 Å². The molecule has 1 aliphatic rings. The SMILES string of the molecule is COc1ccccc1OCCN1C(=O)S/C(=C\c2ccc(OC(=O)c3ccccc3)cc2)C1=O. The van der Waals surface area contributed by atoms with Gasteiger partial charge in [0.05, 0.1) is 24.1 Å². The summed E-state index contributed by atoms with van der Waals surface area (Å²) in [4.78, 5) is 38.7. The smallest absolute Gasteiger partial charge is 0.343 e.